The summed E-state index contributed by atoms with van der Waals surface area (Å²) >= 11 is 1.36. The standard InChI is InChI=1S/C21H18F2N6OS/c22-12-7-8-16-18(11-12)31-21(28-16)27-15-5-2-4-14(15)26-20(30)19-13(23)3-1-6-17(19)29-24-9-10-25-29/h1,3,6-11,14-15H,2,4-5H2,(H,26,30)(H,27,28)/t14-,15+/m0/s1. The van der Waals surface area contributed by atoms with Gasteiger partial charge in [0.05, 0.1) is 22.6 Å². The summed E-state index contributed by atoms with van der Waals surface area (Å²) in [6, 6.07) is 8.57. The normalized spacial score (nSPS) is 18.4. The summed E-state index contributed by atoms with van der Waals surface area (Å²) in [4.78, 5) is 18.7. The van der Waals surface area contributed by atoms with Crippen molar-refractivity contribution in [1.29, 1.82) is 0 Å². The lowest BCUT2D eigenvalue weighted by Crippen LogP contribution is -2.43. The summed E-state index contributed by atoms with van der Waals surface area (Å²) < 4.78 is 28.8. The van der Waals surface area contributed by atoms with Gasteiger partial charge < -0.3 is 10.6 Å². The van der Waals surface area contributed by atoms with Crippen molar-refractivity contribution in [1.82, 2.24) is 25.3 Å². The number of nitrogens with one attached hydrogen (secondary N) is 2. The summed E-state index contributed by atoms with van der Waals surface area (Å²) in [7, 11) is 0. The zero-order valence-electron chi connectivity index (χ0n) is 16.3. The number of nitrogens with zero attached hydrogens (tertiary/aromatic N) is 4. The van der Waals surface area contributed by atoms with Crippen molar-refractivity contribution in [2.45, 2.75) is 31.3 Å². The van der Waals surface area contributed by atoms with Gasteiger partial charge in [0.25, 0.3) is 5.91 Å². The highest BCUT2D eigenvalue weighted by atomic mass is 32.1. The first-order valence-corrected chi connectivity index (χ1v) is 10.7. The number of hydrogen-bond donors (Lipinski definition) is 2. The fourth-order valence-electron chi connectivity index (χ4n) is 3.91. The lowest BCUT2D eigenvalue weighted by Gasteiger charge is -2.22. The van der Waals surface area contributed by atoms with E-state index in [0.717, 1.165) is 29.5 Å². The monoisotopic (exact) mass is 440 g/mol. The molecule has 0 spiro atoms. The molecule has 1 aliphatic rings. The lowest BCUT2D eigenvalue weighted by molar-refractivity contribution is 0.0931. The number of amides is 1. The minimum Gasteiger partial charge on any atom is -0.357 e. The van der Waals surface area contributed by atoms with Gasteiger partial charge in [0.2, 0.25) is 0 Å². The van der Waals surface area contributed by atoms with E-state index >= 15 is 0 Å². The van der Waals surface area contributed by atoms with Crippen LogP contribution in [-0.4, -0.2) is 38.0 Å². The van der Waals surface area contributed by atoms with E-state index in [-0.39, 0.29) is 29.2 Å². The number of benzene rings is 2. The first-order valence-electron chi connectivity index (χ1n) is 9.87. The van der Waals surface area contributed by atoms with Gasteiger partial charge in [0, 0.05) is 12.1 Å². The van der Waals surface area contributed by atoms with Gasteiger partial charge in [-0.05, 0) is 49.6 Å². The highest BCUT2D eigenvalue weighted by Crippen LogP contribution is 2.30. The first-order chi connectivity index (χ1) is 15.1. The summed E-state index contributed by atoms with van der Waals surface area (Å²) in [5, 5.41) is 15.0. The molecule has 2 atom stereocenters. The molecule has 4 aromatic rings. The second-order valence-corrected chi connectivity index (χ2v) is 8.38. The average Bonchev–Trinajstić information content (AvgIpc) is 3.49. The molecule has 1 saturated carbocycles. The molecule has 2 aromatic carbocycles. The molecule has 2 aromatic heterocycles. The quantitative estimate of drug-likeness (QED) is 0.491. The Kier molecular flexibility index (Phi) is 5.06. The van der Waals surface area contributed by atoms with Crippen LogP contribution in [0.15, 0.2) is 48.8 Å². The predicted molar refractivity (Wildman–Crippen MR) is 113 cm³/mol. The number of carbonyl (C=O) groups is 1. The van der Waals surface area contributed by atoms with Crippen LogP contribution in [0.2, 0.25) is 0 Å². The first kappa shape index (κ1) is 19.6. The Morgan fingerprint density at radius 2 is 1.90 bits per heavy atom. The topological polar surface area (TPSA) is 84.7 Å². The zero-order valence-corrected chi connectivity index (χ0v) is 17.1. The van der Waals surface area contributed by atoms with Crippen LogP contribution in [0.1, 0.15) is 29.6 Å². The predicted octanol–water partition coefficient (Wildman–Crippen LogP) is 3.92. The molecule has 0 aliphatic heterocycles. The van der Waals surface area contributed by atoms with Gasteiger partial charge in [-0.25, -0.2) is 13.8 Å². The summed E-state index contributed by atoms with van der Waals surface area (Å²) in [5.41, 5.74) is 0.897. The van der Waals surface area contributed by atoms with Crippen LogP contribution in [0.4, 0.5) is 13.9 Å². The maximum Gasteiger partial charge on any atom is 0.256 e. The van der Waals surface area contributed by atoms with E-state index < -0.39 is 11.7 Å². The van der Waals surface area contributed by atoms with Gasteiger partial charge in [-0.15, -0.1) is 0 Å². The molecule has 5 rings (SSSR count). The van der Waals surface area contributed by atoms with Gasteiger partial charge in [0.1, 0.15) is 22.9 Å². The number of aromatic nitrogens is 4. The lowest BCUT2D eigenvalue weighted by atomic mass is 10.1. The highest BCUT2D eigenvalue weighted by molar-refractivity contribution is 7.22. The molecule has 158 valence electrons. The Balaban J connectivity index is 1.35. The second kappa shape index (κ2) is 8.03. The van der Waals surface area contributed by atoms with Crippen LogP contribution in [0, 0.1) is 11.6 Å². The third-order valence-electron chi connectivity index (χ3n) is 5.34. The molecule has 1 amide bonds. The highest BCUT2D eigenvalue weighted by Gasteiger charge is 2.31. The van der Waals surface area contributed by atoms with Gasteiger partial charge in [-0.2, -0.15) is 15.0 Å². The smallest absolute Gasteiger partial charge is 0.256 e. The third-order valence-corrected chi connectivity index (χ3v) is 6.29. The fourth-order valence-corrected chi connectivity index (χ4v) is 4.86. The van der Waals surface area contributed by atoms with Crippen molar-refractivity contribution >= 4 is 32.6 Å². The molecule has 1 aliphatic carbocycles. The van der Waals surface area contributed by atoms with Crippen molar-refractivity contribution in [2.24, 2.45) is 0 Å². The Labute approximate surface area is 180 Å². The molecular formula is C21H18F2N6OS. The molecule has 31 heavy (non-hydrogen) atoms. The summed E-state index contributed by atoms with van der Waals surface area (Å²) in [5.74, 6) is -1.46. The number of halogens is 2. The van der Waals surface area contributed by atoms with E-state index in [1.807, 2.05) is 0 Å². The maximum atomic E-state index is 14.6. The molecule has 2 N–H and O–H groups in total. The van der Waals surface area contributed by atoms with E-state index in [1.165, 1.54) is 52.8 Å². The van der Waals surface area contributed by atoms with Crippen LogP contribution in [0.5, 0.6) is 0 Å². The van der Waals surface area contributed by atoms with Gasteiger partial charge in [-0.1, -0.05) is 17.4 Å². The Morgan fingerprint density at radius 3 is 2.74 bits per heavy atom. The molecule has 1 fully saturated rings. The Bertz CT molecular complexity index is 1240. The van der Waals surface area contributed by atoms with Crippen molar-refractivity contribution < 1.29 is 13.6 Å². The average molecular weight is 440 g/mol. The summed E-state index contributed by atoms with van der Waals surface area (Å²) in [6.45, 7) is 0. The SMILES string of the molecule is O=C(N[C@H]1CCC[C@H]1Nc1nc2ccc(F)cc2s1)c1c(F)cccc1-n1nccn1. The van der Waals surface area contributed by atoms with Crippen LogP contribution >= 0.6 is 11.3 Å². The van der Waals surface area contributed by atoms with Crippen LogP contribution < -0.4 is 10.6 Å². The second-order valence-electron chi connectivity index (χ2n) is 7.35. The van der Waals surface area contributed by atoms with Gasteiger partial charge >= 0.3 is 0 Å². The van der Waals surface area contributed by atoms with Crippen LogP contribution in [0.25, 0.3) is 15.9 Å². The van der Waals surface area contributed by atoms with Crippen LogP contribution in [0.3, 0.4) is 0 Å². The maximum absolute atomic E-state index is 14.6. The van der Waals surface area contributed by atoms with Gasteiger partial charge in [-0.3, -0.25) is 4.79 Å². The van der Waals surface area contributed by atoms with E-state index in [9.17, 15) is 13.6 Å². The minimum atomic E-state index is -0.636. The fraction of sp³-hybridized carbons (Fsp3) is 0.238. The van der Waals surface area contributed by atoms with Gasteiger partial charge in [0.15, 0.2) is 5.13 Å². The molecule has 7 nitrogen and oxygen atoms in total. The number of anilines is 1. The molecule has 2 heterocycles. The zero-order chi connectivity index (χ0) is 21.4. The van der Waals surface area contributed by atoms with Crippen molar-refractivity contribution in [3.63, 3.8) is 0 Å². The van der Waals surface area contributed by atoms with E-state index in [1.54, 1.807) is 12.1 Å². The molecule has 0 bridgehead atoms. The van der Waals surface area contributed by atoms with E-state index in [4.69, 9.17) is 0 Å². The largest absolute Gasteiger partial charge is 0.357 e. The molecule has 10 heteroatoms. The molecule has 0 radical (unpaired) electrons. The Hall–Kier alpha value is -3.40. The number of rotatable bonds is 5. The number of fused-ring (bicyclic) bond motifs is 1. The minimum absolute atomic E-state index is 0.0626. The number of carbonyl (C=O) groups excluding carboxylic acids is 1. The van der Waals surface area contributed by atoms with Crippen molar-refractivity contribution in [2.75, 3.05) is 5.32 Å². The van der Waals surface area contributed by atoms with Crippen molar-refractivity contribution in [3.05, 3.63) is 66.0 Å². The molecule has 0 unspecified atom stereocenters. The summed E-state index contributed by atoms with van der Waals surface area (Å²) in [6.07, 6.45) is 5.43. The van der Waals surface area contributed by atoms with E-state index in [0.29, 0.717) is 5.13 Å². The number of hydrogen-bond acceptors (Lipinski definition) is 6. The van der Waals surface area contributed by atoms with Crippen molar-refractivity contribution in [3.8, 4) is 5.69 Å². The van der Waals surface area contributed by atoms with Crippen LogP contribution in [-0.2, 0) is 0 Å². The molecule has 0 saturated heterocycles. The third kappa shape index (κ3) is 3.86. The molecular weight excluding hydrogens is 422 g/mol. The van der Waals surface area contributed by atoms with E-state index in [2.05, 4.69) is 25.8 Å². The number of thiazole rings is 1. The Morgan fingerprint density at radius 1 is 1.10 bits per heavy atom.